The lowest BCUT2D eigenvalue weighted by molar-refractivity contribution is -0.116. The zero-order chi connectivity index (χ0) is 17.0. The molecule has 1 aromatic rings. The molecular formula is C18H26N2O3S. The molecule has 0 aromatic heterocycles. The van der Waals surface area contributed by atoms with Crippen LogP contribution < -0.4 is 9.62 Å². The van der Waals surface area contributed by atoms with E-state index in [0.29, 0.717) is 36.7 Å². The van der Waals surface area contributed by atoms with Crippen molar-refractivity contribution in [1.29, 1.82) is 0 Å². The van der Waals surface area contributed by atoms with Crippen LogP contribution in [0.2, 0.25) is 0 Å². The van der Waals surface area contributed by atoms with Crippen LogP contribution in [0, 0.1) is 5.92 Å². The average molecular weight is 350 g/mol. The summed E-state index contributed by atoms with van der Waals surface area (Å²) in [5.41, 5.74) is 1.31. The van der Waals surface area contributed by atoms with Gasteiger partial charge in [0.1, 0.15) is 0 Å². The van der Waals surface area contributed by atoms with Crippen LogP contribution in [0.15, 0.2) is 24.3 Å². The van der Waals surface area contributed by atoms with Crippen molar-refractivity contribution >= 4 is 27.3 Å². The van der Waals surface area contributed by atoms with E-state index in [1.54, 1.807) is 18.2 Å². The van der Waals surface area contributed by atoms with Gasteiger partial charge >= 0.3 is 0 Å². The number of anilines is 2. The van der Waals surface area contributed by atoms with E-state index >= 15 is 0 Å². The molecule has 0 spiro atoms. The molecular weight excluding hydrogens is 324 g/mol. The molecule has 1 aliphatic carbocycles. The van der Waals surface area contributed by atoms with Crippen LogP contribution in [-0.4, -0.2) is 26.6 Å². The Kier molecular flexibility index (Phi) is 5.43. The van der Waals surface area contributed by atoms with Crippen LogP contribution in [0.5, 0.6) is 0 Å². The van der Waals surface area contributed by atoms with Crippen molar-refractivity contribution in [2.75, 3.05) is 21.9 Å². The molecule has 3 rings (SSSR count). The maximum Gasteiger partial charge on any atom is 0.235 e. The number of rotatable bonds is 5. The number of nitrogens with one attached hydrogen (secondary N) is 1. The summed E-state index contributed by atoms with van der Waals surface area (Å²) in [6, 6.07) is 7.13. The van der Waals surface area contributed by atoms with Gasteiger partial charge in [-0.1, -0.05) is 38.2 Å². The molecule has 1 saturated carbocycles. The molecule has 0 unspecified atom stereocenters. The lowest BCUT2D eigenvalue weighted by Crippen LogP contribution is -2.25. The summed E-state index contributed by atoms with van der Waals surface area (Å²) in [5.74, 6) is 0.901. The molecule has 6 heteroatoms. The second kappa shape index (κ2) is 7.55. The Morgan fingerprint density at radius 1 is 1.17 bits per heavy atom. The van der Waals surface area contributed by atoms with Crippen molar-refractivity contribution in [1.82, 2.24) is 0 Å². The van der Waals surface area contributed by atoms with E-state index in [0.717, 1.165) is 6.42 Å². The van der Waals surface area contributed by atoms with Crippen molar-refractivity contribution in [2.45, 2.75) is 51.4 Å². The molecule has 1 aliphatic heterocycles. The van der Waals surface area contributed by atoms with Crippen molar-refractivity contribution in [3.63, 3.8) is 0 Å². The SMILES string of the molecule is O=C(CCC1CCCCC1)Nc1cccc(N2CCCS2(=O)=O)c1. The minimum Gasteiger partial charge on any atom is -0.326 e. The minimum atomic E-state index is -3.19. The van der Waals surface area contributed by atoms with E-state index < -0.39 is 10.0 Å². The predicted octanol–water partition coefficient (Wildman–Crippen LogP) is 3.53. The first-order valence-electron chi connectivity index (χ1n) is 8.95. The van der Waals surface area contributed by atoms with Crippen LogP contribution in [-0.2, 0) is 14.8 Å². The summed E-state index contributed by atoms with van der Waals surface area (Å²) < 4.78 is 25.5. The number of nitrogens with zero attached hydrogens (tertiary/aromatic N) is 1. The molecule has 24 heavy (non-hydrogen) atoms. The maximum atomic E-state index is 12.2. The minimum absolute atomic E-state index is 0.0157. The third kappa shape index (κ3) is 4.29. The van der Waals surface area contributed by atoms with Crippen molar-refractivity contribution < 1.29 is 13.2 Å². The van der Waals surface area contributed by atoms with Gasteiger partial charge in [-0.25, -0.2) is 8.42 Å². The largest absolute Gasteiger partial charge is 0.326 e. The van der Waals surface area contributed by atoms with Gasteiger partial charge in [0.05, 0.1) is 11.4 Å². The predicted molar refractivity (Wildman–Crippen MR) is 96.6 cm³/mol. The molecule has 1 heterocycles. The van der Waals surface area contributed by atoms with E-state index in [2.05, 4.69) is 5.32 Å². The van der Waals surface area contributed by atoms with Crippen LogP contribution in [0.3, 0.4) is 0 Å². The highest BCUT2D eigenvalue weighted by Crippen LogP contribution is 2.28. The summed E-state index contributed by atoms with van der Waals surface area (Å²) in [7, 11) is -3.19. The maximum absolute atomic E-state index is 12.2. The van der Waals surface area contributed by atoms with Crippen molar-refractivity contribution in [3.05, 3.63) is 24.3 Å². The lowest BCUT2D eigenvalue weighted by Gasteiger charge is -2.21. The van der Waals surface area contributed by atoms with Gasteiger partial charge in [0.25, 0.3) is 0 Å². The summed E-state index contributed by atoms with van der Waals surface area (Å²) in [6.07, 6.45) is 8.54. The first-order valence-corrected chi connectivity index (χ1v) is 10.6. The fourth-order valence-electron chi connectivity index (χ4n) is 3.70. The number of sulfonamides is 1. The topological polar surface area (TPSA) is 66.5 Å². The van der Waals surface area contributed by atoms with E-state index in [4.69, 9.17) is 0 Å². The van der Waals surface area contributed by atoms with E-state index in [-0.39, 0.29) is 11.7 Å². The molecule has 0 bridgehead atoms. The van der Waals surface area contributed by atoms with Gasteiger partial charge in [-0.3, -0.25) is 9.10 Å². The molecule has 0 atom stereocenters. The Labute approximate surface area is 144 Å². The average Bonchev–Trinajstić information content (AvgIpc) is 2.93. The second-order valence-corrected chi connectivity index (χ2v) is 8.90. The zero-order valence-electron chi connectivity index (χ0n) is 14.0. The summed E-state index contributed by atoms with van der Waals surface area (Å²) in [5, 5.41) is 2.91. The third-order valence-corrected chi connectivity index (χ3v) is 6.89. The molecule has 1 amide bonds. The monoisotopic (exact) mass is 350 g/mol. The second-order valence-electron chi connectivity index (χ2n) is 6.88. The van der Waals surface area contributed by atoms with E-state index in [1.165, 1.54) is 36.4 Å². The number of hydrogen-bond donors (Lipinski definition) is 1. The van der Waals surface area contributed by atoms with Crippen LogP contribution in [0.1, 0.15) is 51.4 Å². The molecule has 132 valence electrons. The first kappa shape index (κ1) is 17.3. The zero-order valence-corrected chi connectivity index (χ0v) is 14.9. The summed E-state index contributed by atoms with van der Waals surface area (Å²) in [6.45, 7) is 0.515. The number of carbonyl (C=O) groups is 1. The Balaban J connectivity index is 1.57. The highest BCUT2D eigenvalue weighted by molar-refractivity contribution is 7.93. The highest BCUT2D eigenvalue weighted by Gasteiger charge is 2.28. The summed E-state index contributed by atoms with van der Waals surface area (Å²) in [4.78, 5) is 12.2. The molecule has 2 fully saturated rings. The van der Waals surface area contributed by atoms with E-state index in [1.807, 2.05) is 6.07 Å². The van der Waals surface area contributed by atoms with Crippen LogP contribution >= 0.6 is 0 Å². The van der Waals surface area contributed by atoms with Gasteiger partial charge in [-0.2, -0.15) is 0 Å². The van der Waals surface area contributed by atoms with Gasteiger partial charge < -0.3 is 5.32 Å². The quantitative estimate of drug-likeness (QED) is 0.883. The van der Waals surface area contributed by atoms with Gasteiger partial charge in [0.2, 0.25) is 15.9 Å². The lowest BCUT2D eigenvalue weighted by atomic mass is 9.86. The Morgan fingerprint density at radius 2 is 1.96 bits per heavy atom. The van der Waals surface area contributed by atoms with Gasteiger partial charge in [-0.05, 0) is 37.0 Å². The van der Waals surface area contributed by atoms with Crippen molar-refractivity contribution in [2.24, 2.45) is 5.92 Å². The molecule has 2 aliphatic rings. The van der Waals surface area contributed by atoms with Gasteiger partial charge in [-0.15, -0.1) is 0 Å². The van der Waals surface area contributed by atoms with Crippen molar-refractivity contribution in [3.8, 4) is 0 Å². The third-order valence-electron chi connectivity index (χ3n) is 5.02. The summed E-state index contributed by atoms with van der Waals surface area (Å²) >= 11 is 0. The standard InChI is InChI=1S/C18H26N2O3S/c21-18(11-10-15-6-2-1-3-7-15)19-16-8-4-9-17(14-16)20-12-5-13-24(20,22)23/h4,8-9,14-15H,1-3,5-7,10-13H2,(H,19,21). The molecule has 5 nitrogen and oxygen atoms in total. The molecule has 1 N–H and O–H groups in total. The Hall–Kier alpha value is -1.56. The number of benzene rings is 1. The fraction of sp³-hybridized carbons (Fsp3) is 0.611. The number of hydrogen-bond acceptors (Lipinski definition) is 3. The number of carbonyl (C=O) groups excluding carboxylic acids is 1. The molecule has 1 saturated heterocycles. The first-order chi connectivity index (χ1) is 11.5. The van der Waals surface area contributed by atoms with Gasteiger partial charge in [0, 0.05) is 18.7 Å². The van der Waals surface area contributed by atoms with E-state index in [9.17, 15) is 13.2 Å². The van der Waals surface area contributed by atoms with Crippen LogP contribution in [0.25, 0.3) is 0 Å². The number of amides is 1. The Morgan fingerprint density at radius 3 is 2.67 bits per heavy atom. The highest BCUT2D eigenvalue weighted by atomic mass is 32.2. The normalized spacial score (nSPS) is 20.9. The molecule has 0 radical (unpaired) electrons. The fourth-order valence-corrected chi connectivity index (χ4v) is 5.26. The Bertz CT molecular complexity index is 681. The smallest absolute Gasteiger partial charge is 0.235 e. The van der Waals surface area contributed by atoms with Crippen LogP contribution in [0.4, 0.5) is 11.4 Å². The molecule has 1 aromatic carbocycles. The van der Waals surface area contributed by atoms with Gasteiger partial charge in [0.15, 0.2) is 0 Å².